The van der Waals surface area contributed by atoms with E-state index >= 15 is 0 Å². The van der Waals surface area contributed by atoms with Gasteiger partial charge in [0.1, 0.15) is 5.82 Å². The summed E-state index contributed by atoms with van der Waals surface area (Å²) in [6.07, 6.45) is 16.2. The van der Waals surface area contributed by atoms with Crippen LogP contribution < -0.4 is 0 Å². The average Bonchev–Trinajstić information content (AvgIpc) is 2.71. The first-order chi connectivity index (χ1) is 13.2. The highest BCUT2D eigenvalue weighted by molar-refractivity contribution is 6.30. The molecule has 0 bridgehead atoms. The molecule has 0 N–H and O–H groups in total. The van der Waals surface area contributed by atoms with E-state index in [2.05, 4.69) is 0 Å². The van der Waals surface area contributed by atoms with Gasteiger partial charge in [-0.2, -0.15) is 0 Å². The van der Waals surface area contributed by atoms with Crippen LogP contribution in [-0.4, -0.2) is 13.7 Å². The minimum absolute atomic E-state index is 0.239. The van der Waals surface area contributed by atoms with E-state index in [1.54, 1.807) is 19.2 Å². The molecule has 0 radical (unpaired) electrons. The molecule has 0 spiro atoms. The first-order valence-electron chi connectivity index (χ1n) is 11.1. The third-order valence-corrected chi connectivity index (χ3v) is 7.51. The van der Waals surface area contributed by atoms with Gasteiger partial charge in [-0.25, -0.2) is 4.39 Å². The molecule has 0 saturated heterocycles. The Morgan fingerprint density at radius 1 is 0.926 bits per heavy atom. The zero-order chi connectivity index (χ0) is 19.1. The number of rotatable bonds is 8. The van der Waals surface area contributed by atoms with Gasteiger partial charge in [-0.05, 0) is 86.3 Å². The highest BCUT2D eigenvalue weighted by atomic mass is 35.5. The number of hydrogen-bond donors (Lipinski definition) is 0. The van der Waals surface area contributed by atoms with Crippen LogP contribution in [0.2, 0.25) is 5.02 Å². The fourth-order valence-electron chi connectivity index (χ4n) is 5.49. The van der Waals surface area contributed by atoms with E-state index in [0.29, 0.717) is 5.92 Å². The molecule has 2 saturated carbocycles. The third kappa shape index (κ3) is 6.19. The molecule has 3 rings (SSSR count). The number of ether oxygens (including phenoxy) is 1. The Bertz CT molecular complexity index is 559. The van der Waals surface area contributed by atoms with Crippen molar-refractivity contribution in [1.29, 1.82) is 0 Å². The third-order valence-electron chi connectivity index (χ3n) is 7.21. The van der Waals surface area contributed by atoms with Gasteiger partial charge in [-0.15, -0.1) is 0 Å². The second-order valence-corrected chi connectivity index (χ2v) is 9.32. The molecule has 0 heterocycles. The van der Waals surface area contributed by atoms with E-state index in [1.807, 2.05) is 6.07 Å². The van der Waals surface area contributed by atoms with E-state index in [0.717, 1.165) is 29.9 Å². The van der Waals surface area contributed by atoms with Gasteiger partial charge in [-0.1, -0.05) is 49.8 Å². The quantitative estimate of drug-likeness (QED) is 0.409. The fourth-order valence-corrected chi connectivity index (χ4v) is 5.61. The molecule has 0 aromatic heterocycles. The lowest BCUT2D eigenvalue weighted by Crippen LogP contribution is -2.25. The molecule has 0 amide bonds. The van der Waals surface area contributed by atoms with Crippen molar-refractivity contribution in [2.24, 2.45) is 17.8 Å². The van der Waals surface area contributed by atoms with Crippen molar-refractivity contribution in [3.05, 3.63) is 34.6 Å². The largest absolute Gasteiger partial charge is 0.385 e. The summed E-state index contributed by atoms with van der Waals surface area (Å²) in [7, 11) is 1.79. The molecule has 0 aliphatic heterocycles. The van der Waals surface area contributed by atoms with Crippen LogP contribution in [0.25, 0.3) is 0 Å². The number of halogens is 2. The van der Waals surface area contributed by atoms with Gasteiger partial charge in [0.2, 0.25) is 0 Å². The summed E-state index contributed by atoms with van der Waals surface area (Å²) in [5.74, 6) is 3.07. The maximum absolute atomic E-state index is 13.7. The van der Waals surface area contributed by atoms with Crippen LogP contribution in [0, 0.1) is 23.6 Å². The van der Waals surface area contributed by atoms with Crippen molar-refractivity contribution in [3.63, 3.8) is 0 Å². The van der Waals surface area contributed by atoms with E-state index in [4.69, 9.17) is 16.3 Å². The number of unbranched alkanes of at least 4 members (excludes halogenated alkanes) is 2. The van der Waals surface area contributed by atoms with Crippen LogP contribution in [-0.2, 0) is 4.74 Å². The molecule has 27 heavy (non-hydrogen) atoms. The second kappa shape index (κ2) is 10.8. The zero-order valence-corrected chi connectivity index (χ0v) is 17.7. The van der Waals surface area contributed by atoms with E-state index < -0.39 is 0 Å². The minimum Gasteiger partial charge on any atom is -0.385 e. The average molecular weight is 395 g/mol. The Hall–Kier alpha value is -0.600. The van der Waals surface area contributed by atoms with Crippen LogP contribution in [0.4, 0.5) is 4.39 Å². The normalized spacial score (nSPS) is 29.0. The zero-order valence-electron chi connectivity index (χ0n) is 16.9. The maximum atomic E-state index is 13.7. The lowest BCUT2D eigenvalue weighted by molar-refractivity contribution is 0.154. The molecule has 2 fully saturated rings. The van der Waals surface area contributed by atoms with Crippen molar-refractivity contribution >= 4 is 11.6 Å². The maximum Gasteiger partial charge on any atom is 0.142 e. The van der Waals surface area contributed by atoms with Crippen LogP contribution >= 0.6 is 11.6 Å². The van der Waals surface area contributed by atoms with Gasteiger partial charge in [0.25, 0.3) is 0 Å². The van der Waals surface area contributed by atoms with Crippen LogP contribution in [0.15, 0.2) is 18.2 Å². The predicted octanol–water partition coefficient (Wildman–Crippen LogP) is 7.77. The fraction of sp³-hybridized carbons (Fsp3) is 0.750. The standard InChI is InChI=1S/C24H36ClFO/c1-27-16-4-2-3-5-18-6-8-19(9-7-18)20-10-12-21(13-11-20)22-14-15-23(25)24(26)17-22/h14-15,17-21H,2-13,16H2,1H3. The van der Waals surface area contributed by atoms with E-state index in [1.165, 1.54) is 77.0 Å². The highest BCUT2D eigenvalue weighted by Gasteiger charge is 2.31. The molecule has 3 heteroatoms. The van der Waals surface area contributed by atoms with Crippen LogP contribution in [0.3, 0.4) is 0 Å². The minimum atomic E-state index is -0.267. The summed E-state index contributed by atoms with van der Waals surface area (Å²) in [6.45, 7) is 0.915. The first-order valence-corrected chi connectivity index (χ1v) is 11.5. The lowest BCUT2D eigenvalue weighted by Gasteiger charge is -2.38. The molecule has 2 aliphatic carbocycles. The lowest BCUT2D eigenvalue weighted by atomic mass is 9.68. The Morgan fingerprint density at radius 2 is 1.59 bits per heavy atom. The molecule has 2 aliphatic rings. The molecule has 1 aromatic rings. The molecule has 0 atom stereocenters. The Balaban J connectivity index is 1.36. The van der Waals surface area contributed by atoms with Gasteiger partial charge in [0.05, 0.1) is 5.02 Å². The molecule has 0 unspecified atom stereocenters. The topological polar surface area (TPSA) is 9.23 Å². The summed E-state index contributed by atoms with van der Waals surface area (Å²) >= 11 is 5.83. The Morgan fingerprint density at radius 3 is 2.22 bits per heavy atom. The van der Waals surface area contributed by atoms with Gasteiger partial charge in [-0.3, -0.25) is 0 Å². The molecular formula is C24H36ClFO. The second-order valence-electron chi connectivity index (χ2n) is 8.91. The molecule has 1 aromatic carbocycles. The molecule has 152 valence electrons. The first kappa shape index (κ1) is 21.1. The summed E-state index contributed by atoms with van der Waals surface area (Å²) in [5.41, 5.74) is 1.15. The number of methoxy groups -OCH3 is 1. The molecule has 1 nitrogen and oxygen atoms in total. The smallest absolute Gasteiger partial charge is 0.142 e. The van der Waals surface area contributed by atoms with Crippen molar-refractivity contribution in [1.82, 2.24) is 0 Å². The van der Waals surface area contributed by atoms with Crippen LogP contribution in [0.1, 0.15) is 88.5 Å². The summed E-state index contributed by atoms with van der Waals surface area (Å²) in [4.78, 5) is 0. The van der Waals surface area contributed by atoms with Crippen molar-refractivity contribution in [2.45, 2.75) is 83.0 Å². The SMILES string of the molecule is COCCCCCC1CCC(C2CCC(c3ccc(Cl)c(F)c3)CC2)CC1. The Labute approximate surface area is 170 Å². The Kier molecular flexibility index (Phi) is 8.46. The summed E-state index contributed by atoms with van der Waals surface area (Å²) in [6, 6.07) is 5.40. The van der Waals surface area contributed by atoms with Crippen molar-refractivity contribution in [3.8, 4) is 0 Å². The van der Waals surface area contributed by atoms with Crippen LogP contribution in [0.5, 0.6) is 0 Å². The van der Waals surface area contributed by atoms with Gasteiger partial charge < -0.3 is 4.74 Å². The van der Waals surface area contributed by atoms with E-state index in [-0.39, 0.29) is 10.8 Å². The predicted molar refractivity (Wildman–Crippen MR) is 112 cm³/mol. The van der Waals surface area contributed by atoms with Gasteiger partial charge in [0.15, 0.2) is 0 Å². The molecular weight excluding hydrogens is 359 g/mol. The summed E-state index contributed by atoms with van der Waals surface area (Å²) in [5, 5.41) is 0.239. The van der Waals surface area contributed by atoms with E-state index in [9.17, 15) is 4.39 Å². The van der Waals surface area contributed by atoms with Crippen molar-refractivity contribution in [2.75, 3.05) is 13.7 Å². The van der Waals surface area contributed by atoms with Gasteiger partial charge >= 0.3 is 0 Å². The monoisotopic (exact) mass is 394 g/mol. The van der Waals surface area contributed by atoms with Gasteiger partial charge in [0, 0.05) is 13.7 Å². The number of hydrogen-bond acceptors (Lipinski definition) is 1. The van der Waals surface area contributed by atoms with Crippen molar-refractivity contribution < 1.29 is 9.13 Å². The highest BCUT2D eigenvalue weighted by Crippen LogP contribution is 2.44. The number of benzene rings is 1. The summed E-state index contributed by atoms with van der Waals surface area (Å²) < 4.78 is 18.9.